The largest absolute Gasteiger partial charge is 0.368 e. The highest BCUT2D eigenvalue weighted by atomic mass is 16.1. The fourth-order valence-corrected chi connectivity index (χ4v) is 4.54. The minimum Gasteiger partial charge on any atom is -0.368 e. The molecule has 9 nitrogen and oxygen atoms in total. The highest BCUT2D eigenvalue weighted by Gasteiger charge is 2.20. The lowest BCUT2D eigenvalue weighted by molar-refractivity contribution is 0.774. The third-order valence-corrected chi connectivity index (χ3v) is 6.16. The van der Waals surface area contributed by atoms with Crippen molar-refractivity contribution >= 4 is 33.7 Å². The van der Waals surface area contributed by atoms with Gasteiger partial charge in [0.15, 0.2) is 11.5 Å². The van der Waals surface area contributed by atoms with Gasteiger partial charge in [-0.05, 0) is 42.1 Å². The van der Waals surface area contributed by atoms with E-state index in [1.54, 1.807) is 23.3 Å². The molecule has 4 heterocycles. The van der Waals surface area contributed by atoms with Crippen LogP contribution in [0.2, 0.25) is 0 Å². The van der Waals surface area contributed by atoms with Gasteiger partial charge in [0, 0.05) is 29.3 Å². The standard InChI is InChI=1S/C27H22N8O/c1-16(32-25-23-24(31-15-30-23)33-27(28)34-25)21-13-17-7-5-11-20(18-8-6-12-29-14-18)22(17)26(36)35(21)19-9-3-2-4-10-19/h2-16H,1H3,(H4,28,30,31,32,33,34). The van der Waals surface area contributed by atoms with E-state index in [9.17, 15) is 4.79 Å². The highest BCUT2D eigenvalue weighted by molar-refractivity contribution is 5.96. The molecule has 0 radical (unpaired) electrons. The number of nitrogens with two attached hydrogens (primary N) is 1. The maximum Gasteiger partial charge on any atom is 0.263 e. The summed E-state index contributed by atoms with van der Waals surface area (Å²) in [5.41, 5.74) is 10.2. The third-order valence-electron chi connectivity index (χ3n) is 6.16. The molecule has 0 saturated heterocycles. The fourth-order valence-electron chi connectivity index (χ4n) is 4.54. The Balaban J connectivity index is 1.58. The van der Waals surface area contributed by atoms with Gasteiger partial charge in [0.2, 0.25) is 5.95 Å². The monoisotopic (exact) mass is 474 g/mol. The first-order valence-electron chi connectivity index (χ1n) is 11.5. The molecule has 4 N–H and O–H groups in total. The quantitative estimate of drug-likeness (QED) is 0.336. The lowest BCUT2D eigenvalue weighted by Gasteiger charge is -2.22. The van der Waals surface area contributed by atoms with Crippen LogP contribution in [0, 0.1) is 0 Å². The van der Waals surface area contributed by atoms with E-state index in [-0.39, 0.29) is 17.5 Å². The van der Waals surface area contributed by atoms with E-state index >= 15 is 0 Å². The Morgan fingerprint density at radius 1 is 1.03 bits per heavy atom. The molecule has 6 aromatic rings. The predicted molar refractivity (Wildman–Crippen MR) is 141 cm³/mol. The first-order valence-corrected chi connectivity index (χ1v) is 11.5. The van der Waals surface area contributed by atoms with Gasteiger partial charge in [-0.3, -0.25) is 14.3 Å². The summed E-state index contributed by atoms with van der Waals surface area (Å²) in [6.07, 6.45) is 5.04. The summed E-state index contributed by atoms with van der Waals surface area (Å²) in [4.78, 5) is 34.2. The number of benzene rings is 2. The average molecular weight is 475 g/mol. The van der Waals surface area contributed by atoms with Gasteiger partial charge >= 0.3 is 0 Å². The van der Waals surface area contributed by atoms with Crippen molar-refractivity contribution in [2.45, 2.75) is 13.0 Å². The summed E-state index contributed by atoms with van der Waals surface area (Å²) in [6.45, 7) is 1.98. The molecular weight excluding hydrogens is 452 g/mol. The minimum absolute atomic E-state index is 0.115. The molecular formula is C27H22N8O. The van der Waals surface area contributed by atoms with Crippen LogP contribution in [0.15, 0.2) is 90.2 Å². The highest BCUT2D eigenvalue weighted by Crippen LogP contribution is 2.30. The molecule has 2 aromatic carbocycles. The van der Waals surface area contributed by atoms with Crippen molar-refractivity contribution < 1.29 is 0 Å². The lowest BCUT2D eigenvalue weighted by Crippen LogP contribution is -2.26. The van der Waals surface area contributed by atoms with E-state index in [1.807, 2.05) is 73.7 Å². The van der Waals surface area contributed by atoms with Crippen LogP contribution < -0.4 is 16.6 Å². The average Bonchev–Trinajstić information content (AvgIpc) is 3.38. The van der Waals surface area contributed by atoms with Gasteiger partial charge in [0.25, 0.3) is 5.56 Å². The normalized spacial score (nSPS) is 12.1. The van der Waals surface area contributed by atoms with Crippen LogP contribution in [0.3, 0.4) is 0 Å². The Morgan fingerprint density at radius 2 is 1.89 bits per heavy atom. The van der Waals surface area contributed by atoms with Crippen LogP contribution in [-0.4, -0.2) is 29.5 Å². The number of nitrogens with one attached hydrogen (secondary N) is 2. The molecule has 4 aromatic heterocycles. The molecule has 1 unspecified atom stereocenters. The third kappa shape index (κ3) is 3.63. The van der Waals surface area contributed by atoms with Crippen molar-refractivity contribution in [3.8, 4) is 16.8 Å². The van der Waals surface area contributed by atoms with Crippen LogP contribution in [0.4, 0.5) is 11.8 Å². The maximum atomic E-state index is 14.2. The number of para-hydroxylation sites is 1. The van der Waals surface area contributed by atoms with Crippen LogP contribution in [0.5, 0.6) is 0 Å². The zero-order valence-electron chi connectivity index (χ0n) is 19.4. The number of fused-ring (bicyclic) bond motifs is 2. The molecule has 0 aliphatic carbocycles. The van der Waals surface area contributed by atoms with Crippen molar-refractivity contribution in [1.29, 1.82) is 0 Å². The number of H-pyrrole nitrogens is 1. The number of imidazole rings is 1. The maximum absolute atomic E-state index is 14.2. The van der Waals surface area contributed by atoms with Crippen LogP contribution in [0.1, 0.15) is 18.7 Å². The van der Waals surface area contributed by atoms with Crippen molar-refractivity contribution in [3.63, 3.8) is 0 Å². The Hall–Kier alpha value is -5.05. The van der Waals surface area contributed by atoms with Gasteiger partial charge in [0.1, 0.15) is 5.52 Å². The van der Waals surface area contributed by atoms with Crippen molar-refractivity contribution in [2.75, 3.05) is 11.1 Å². The molecule has 0 saturated carbocycles. The second-order valence-electron chi connectivity index (χ2n) is 8.45. The van der Waals surface area contributed by atoms with Crippen LogP contribution in [0.25, 0.3) is 38.8 Å². The first kappa shape index (κ1) is 21.5. The zero-order valence-corrected chi connectivity index (χ0v) is 19.4. The van der Waals surface area contributed by atoms with E-state index in [0.29, 0.717) is 22.4 Å². The van der Waals surface area contributed by atoms with E-state index in [2.05, 4.69) is 30.2 Å². The molecule has 0 aliphatic rings. The summed E-state index contributed by atoms with van der Waals surface area (Å²) >= 11 is 0. The van der Waals surface area contributed by atoms with Gasteiger partial charge in [-0.25, -0.2) is 4.98 Å². The topological polar surface area (TPSA) is 127 Å². The van der Waals surface area contributed by atoms with Gasteiger partial charge < -0.3 is 16.0 Å². The number of anilines is 2. The molecule has 0 fully saturated rings. The molecule has 0 bridgehead atoms. The van der Waals surface area contributed by atoms with Gasteiger partial charge in [-0.1, -0.05) is 42.5 Å². The summed E-state index contributed by atoms with van der Waals surface area (Å²) < 4.78 is 1.74. The van der Waals surface area contributed by atoms with Gasteiger partial charge in [0.05, 0.1) is 17.8 Å². The molecule has 0 spiro atoms. The number of aromatic amines is 1. The second-order valence-corrected chi connectivity index (χ2v) is 8.45. The van der Waals surface area contributed by atoms with Gasteiger partial charge in [-0.2, -0.15) is 9.97 Å². The Kier molecular flexibility index (Phi) is 5.15. The zero-order chi connectivity index (χ0) is 24.6. The lowest BCUT2D eigenvalue weighted by atomic mass is 9.99. The molecule has 176 valence electrons. The second kappa shape index (κ2) is 8.62. The Labute approximate surface area is 205 Å². The Morgan fingerprint density at radius 3 is 2.69 bits per heavy atom. The number of aromatic nitrogens is 6. The smallest absolute Gasteiger partial charge is 0.263 e. The van der Waals surface area contributed by atoms with Gasteiger partial charge in [-0.15, -0.1) is 0 Å². The van der Waals surface area contributed by atoms with Crippen molar-refractivity contribution in [2.24, 2.45) is 0 Å². The number of hydrogen-bond donors (Lipinski definition) is 3. The van der Waals surface area contributed by atoms with Crippen molar-refractivity contribution in [1.82, 2.24) is 29.5 Å². The summed E-state index contributed by atoms with van der Waals surface area (Å²) in [6, 6.07) is 21.0. The molecule has 0 aliphatic heterocycles. The van der Waals surface area contributed by atoms with Crippen LogP contribution >= 0.6 is 0 Å². The van der Waals surface area contributed by atoms with E-state index in [0.717, 1.165) is 27.9 Å². The number of nitrogen functional groups attached to an aromatic ring is 1. The fraction of sp³-hybridized carbons (Fsp3) is 0.0741. The molecule has 1 atom stereocenters. The van der Waals surface area contributed by atoms with Crippen LogP contribution in [-0.2, 0) is 0 Å². The molecule has 6 rings (SSSR count). The minimum atomic E-state index is -0.315. The molecule has 36 heavy (non-hydrogen) atoms. The van der Waals surface area contributed by atoms with E-state index < -0.39 is 0 Å². The Bertz CT molecular complexity index is 1760. The summed E-state index contributed by atoms with van der Waals surface area (Å²) in [5, 5.41) is 4.88. The SMILES string of the molecule is CC(Nc1nc(N)nc2nc[nH]c12)c1cc2cccc(-c3cccnc3)c2c(=O)n1-c1ccccc1. The summed E-state index contributed by atoms with van der Waals surface area (Å²) in [5.74, 6) is 0.628. The van der Waals surface area contributed by atoms with Crippen molar-refractivity contribution in [3.05, 3.63) is 101 Å². The molecule has 9 heteroatoms. The summed E-state index contributed by atoms with van der Waals surface area (Å²) in [7, 11) is 0. The first-order chi connectivity index (χ1) is 17.6. The number of nitrogens with zero attached hydrogens (tertiary/aromatic N) is 5. The number of hydrogen-bond acceptors (Lipinski definition) is 7. The number of pyridine rings is 2. The molecule has 0 amide bonds. The predicted octanol–water partition coefficient (Wildman–Crippen LogP) is 4.47. The van der Waals surface area contributed by atoms with E-state index in [4.69, 9.17) is 5.73 Å². The van der Waals surface area contributed by atoms with E-state index in [1.165, 1.54) is 0 Å². The number of rotatable bonds is 5.